The van der Waals surface area contributed by atoms with E-state index >= 15 is 0 Å². The smallest absolute Gasteiger partial charge is 0.210 e. The number of hydrogen-bond donors (Lipinski definition) is 0. The molecule has 0 radical (unpaired) electrons. The molecular weight excluding hydrogens is 356 g/mol. The van der Waals surface area contributed by atoms with E-state index in [2.05, 4.69) is 99.2 Å². The van der Waals surface area contributed by atoms with Gasteiger partial charge in [0.05, 0.1) is 0 Å². The average molecular weight is 383 g/mol. The van der Waals surface area contributed by atoms with Crippen LogP contribution in [-0.4, -0.2) is 40.6 Å². The van der Waals surface area contributed by atoms with Crippen molar-refractivity contribution in [1.29, 1.82) is 0 Å². The molecule has 0 saturated carbocycles. The molecule has 1 saturated heterocycles. The van der Waals surface area contributed by atoms with Crippen molar-refractivity contribution in [1.82, 2.24) is 14.5 Å². The number of nitrogens with zero attached hydrogens (tertiary/aromatic N) is 4. The molecule has 3 aromatic carbocycles. The molecule has 0 unspecified atom stereocenters. The molecule has 1 aliphatic heterocycles. The molecule has 29 heavy (non-hydrogen) atoms. The normalized spacial score (nSPS) is 15.1. The van der Waals surface area contributed by atoms with Crippen LogP contribution in [0.4, 0.5) is 5.95 Å². The van der Waals surface area contributed by atoms with Crippen molar-refractivity contribution in [3.63, 3.8) is 0 Å². The van der Waals surface area contributed by atoms with Crippen molar-refractivity contribution in [2.75, 3.05) is 31.1 Å². The molecule has 1 aliphatic rings. The van der Waals surface area contributed by atoms with Gasteiger partial charge in [0.25, 0.3) is 0 Å². The van der Waals surface area contributed by atoms with Gasteiger partial charge in [-0.15, -0.1) is 0 Å². The highest BCUT2D eigenvalue weighted by atomic mass is 15.3. The van der Waals surface area contributed by atoms with Gasteiger partial charge in [0, 0.05) is 50.8 Å². The largest absolute Gasteiger partial charge is 0.339 e. The highest BCUT2D eigenvalue weighted by molar-refractivity contribution is 5.85. The van der Waals surface area contributed by atoms with Crippen LogP contribution in [0.2, 0.25) is 0 Å². The molecule has 5 rings (SSSR count). The lowest BCUT2D eigenvalue weighted by molar-refractivity contribution is 0.249. The van der Waals surface area contributed by atoms with Gasteiger partial charge in [0.1, 0.15) is 0 Å². The Morgan fingerprint density at radius 2 is 1.59 bits per heavy atom. The number of benzene rings is 3. The Hall–Kier alpha value is -3.11. The zero-order chi connectivity index (χ0) is 19.6. The third-order valence-electron chi connectivity index (χ3n) is 5.86. The number of aromatic nitrogens is 2. The number of piperazine rings is 1. The monoisotopic (exact) mass is 382 g/mol. The van der Waals surface area contributed by atoms with Crippen LogP contribution in [-0.2, 0) is 6.54 Å². The van der Waals surface area contributed by atoms with E-state index in [1.165, 1.54) is 27.6 Å². The van der Waals surface area contributed by atoms with Gasteiger partial charge >= 0.3 is 0 Å². The van der Waals surface area contributed by atoms with Gasteiger partial charge in [-0.2, -0.15) is 0 Å². The van der Waals surface area contributed by atoms with Crippen LogP contribution in [0.25, 0.3) is 16.5 Å². The first-order chi connectivity index (χ1) is 14.3. The third kappa shape index (κ3) is 3.64. The van der Waals surface area contributed by atoms with E-state index < -0.39 is 0 Å². The number of rotatable bonds is 4. The summed E-state index contributed by atoms with van der Waals surface area (Å²) in [6.45, 7) is 7.20. The number of aryl methyl sites for hydroxylation is 1. The summed E-state index contributed by atoms with van der Waals surface area (Å²) in [5.74, 6) is 1.04. The predicted octanol–water partition coefficient (Wildman–Crippen LogP) is 4.66. The van der Waals surface area contributed by atoms with E-state index in [9.17, 15) is 0 Å². The minimum Gasteiger partial charge on any atom is -0.339 e. The second-order valence-corrected chi connectivity index (χ2v) is 7.83. The highest BCUT2D eigenvalue weighted by Crippen LogP contribution is 2.23. The molecule has 0 bridgehead atoms. The van der Waals surface area contributed by atoms with Crippen LogP contribution in [0, 0.1) is 6.92 Å². The molecule has 1 fully saturated rings. The maximum atomic E-state index is 4.66. The van der Waals surface area contributed by atoms with Crippen LogP contribution < -0.4 is 4.90 Å². The number of anilines is 1. The second kappa shape index (κ2) is 7.72. The number of hydrogen-bond acceptors (Lipinski definition) is 3. The highest BCUT2D eigenvalue weighted by Gasteiger charge is 2.21. The molecule has 0 atom stereocenters. The van der Waals surface area contributed by atoms with Crippen molar-refractivity contribution in [2.45, 2.75) is 13.5 Å². The van der Waals surface area contributed by atoms with Crippen LogP contribution in [0.3, 0.4) is 0 Å². The van der Waals surface area contributed by atoms with Gasteiger partial charge in [-0.1, -0.05) is 60.2 Å². The van der Waals surface area contributed by atoms with Gasteiger partial charge < -0.3 is 4.90 Å². The molecule has 0 N–H and O–H groups in total. The molecule has 1 aromatic heterocycles. The van der Waals surface area contributed by atoms with Crippen LogP contribution in [0.15, 0.2) is 79.1 Å². The number of imidazole rings is 1. The standard InChI is InChI=1S/C25H26N4/c1-20-9-11-23(12-10-20)29-14-13-26-25(29)28-17-15-27(16-18-28)19-22-7-4-6-21-5-2-3-8-24(21)22/h2-14H,15-19H2,1H3. The van der Waals surface area contributed by atoms with Crippen LogP contribution >= 0.6 is 0 Å². The summed E-state index contributed by atoms with van der Waals surface area (Å²) < 4.78 is 2.19. The molecule has 146 valence electrons. The van der Waals surface area contributed by atoms with Gasteiger partial charge in [-0.3, -0.25) is 9.47 Å². The van der Waals surface area contributed by atoms with Crippen molar-refractivity contribution < 1.29 is 0 Å². The van der Waals surface area contributed by atoms with E-state index in [1.807, 2.05) is 6.20 Å². The zero-order valence-corrected chi connectivity index (χ0v) is 16.8. The molecule has 2 heterocycles. The van der Waals surface area contributed by atoms with E-state index in [1.54, 1.807) is 0 Å². The van der Waals surface area contributed by atoms with Crippen molar-refractivity contribution >= 4 is 16.7 Å². The first kappa shape index (κ1) is 18.0. The summed E-state index contributed by atoms with van der Waals surface area (Å²) in [7, 11) is 0. The van der Waals surface area contributed by atoms with Gasteiger partial charge in [0.2, 0.25) is 5.95 Å². The molecule has 4 heteroatoms. The maximum absolute atomic E-state index is 4.66. The van der Waals surface area contributed by atoms with Crippen LogP contribution in [0.5, 0.6) is 0 Å². The Bertz CT molecular complexity index is 1100. The molecular formula is C25H26N4. The quantitative estimate of drug-likeness (QED) is 0.513. The first-order valence-electron chi connectivity index (χ1n) is 10.3. The lowest BCUT2D eigenvalue weighted by Crippen LogP contribution is -2.46. The van der Waals surface area contributed by atoms with Crippen molar-refractivity contribution in [2.24, 2.45) is 0 Å². The summed E-state index contributed by atoms with van der Waals surface area (Å²) in [6, 6.07) is 23.9. The fourth-order valence-electron chi connectivity index (χ4n) is 4.21. The third-order valence-corrected chi connectivity index (χ3v) is 5.86. The fourth-order valence-corrected chi connectivity index (χ4v) is 4.21. The Balaban J connectivity index is 1.29. The molecule has 4 aromatic rings. The molecule has 0 amide bonds. The topological polar surface area (TPSA) is 24.3 Å². The second-order valence-electron chi connectivity index (χ2n) is 7.83. The SMILES string of the molecule is Cc1ccc(-n2ccnc2N2CCN(Cc3cccc4ccccc34)CC2)cc1. The van der Waals surface area contributed by atoms with Gasteiger partial charge in [-0.25, -0.2) is 4.98 Å². The van der Waals surface area contributed by atoms with E-state index in [0.717, 1.165) is 38.7 Å². The Kier molecular flexibility index (Phi) is 4.78. The lowest BCUT2D eigenvalue weighted by atomic mass is 10.0. The fraction of sp³-hybridized carbons (Fsp3) is 0.240. The molecule has 4 nitrogen and oxygen atoms in total. The Morgan fingerprint density at radius 3 is 2.41 bits per heavy atom. The van der Waals surface area contributed by atoms with E-state index in [4.69, 9.17) is 0 Å². The first-order valence-corrected chi connectivity index (χ1v) is 10.3. The zero-order valence-electron chi connectivity index (χ0n) is 16.8. The average Bonchev–Trinajstić information content (AvgIpc) is 3.25. The Labute approximate surface area is 172 Å². The Morgan fingerprint density at radius 1 is 0.828 bits per heavy atom. The van der Waals surface area contributed by atoms with Crippen molar-refractivity contribution in [3.05, 3.63) is 90.3 Å². The van der Waals surface area contributed by atoms with E-state index in [-0.39, 0.29) is 0 Å². The lowest BCUT2D eigenvalue weighted by Gasteiger charge is -2.35. The minimum absolute atomic E-state index is 0.994. The van der Waals surface area contributed by atoms with Crippen LogP contribution in [0.1, 0.15) is 11.1 Å². The molecule has 0 aliphatic carbocycles. The van der Waals surface area contributed by atoms with Crippen molar-refractivity contribution in [3.8, 4) is 5.69 Å². The summed E-state index contributed by atoms with van der Waals surface area (Å²) in [5, 5.41) is 2.69. The summed E-state index contributed by atoms with van der Waals surface area (Å²) in [4.78, 5) is 9.61. The van der Waals surface area contributed by atoms with Gasteiger partial charge in [0.15, 0.2) is 0 Å². The summed E-state index contributed by atoms with van der Waals surface area (Å²) >= 11 is 0. The predicted molar refractivity (Wildman–Crippen MR) is 120 cm³/mol. The summed E-state index contributed by atoms with van der Waals surface area (Å²) in [6.07, 6.45) is 3.96. The van der Waals surface area contributed by atoms with E-state index in [0.29, 0.717) is 0 Å². The van der Waals surface area contributed by atoms with Gasteiger partial charge in [-0.05, 0) is 35.4 Å². The molecule has 0 spiro atoms. The minimum atomic E-state index is 0.994. The summed E-state index contributed by atoms with van der Waals surface area (Å²) in [5.41, 5.74) is 3.86. The maximum Gasteiger partial charge on any atom is 0.210 e. The number of fused-ring (bicyclic) bond motifs is 1.